The van der Waals surface area contributed by atoms with Crippen molar-refractivity contribution >= 4 is 5.84 Å². The Hall–Kier alpha value is -3.79. The minimum absolute atomic E-state index is 0.0609. The van der Waals surface area contributed by atoms with E-state index in [2.05, 4.69) is 88.1 Å². The van der Waals surface area contributed by atoms with E-state index < -0.39 is 0 Å². The zero-order chi connectivity index (χ0) is 33.8. The molecule has 0 amide bonds. The summed E-state index contributed by atoms with van der Waals surface area (Å²) in [6, 6.07) is 11.0. The van der Waals surface area contributed by atoms with Crippen LogP contribution in [0, 0.1) is 5.41 Å². The highest BCUT2D eigenvalue weighted by molar-refractivity contribution is 5.93. The number of allylic oxidation sites excluding steroid dienone is 10. The molecule has 3 N–H and O–H groups in total. The van der Waals surface area contributed by atoms with Gasteiger partial charge in [-0.1, -0.05) is 126 Å². The number of benzene rings is 1. The van der Waals surface area contributed by atoms with Crippen LogP contribution in [-0.2, 0) is 14.9 Å². The average Bonchev–Trinajstić information content (AvgIpc) is 3.06. The van der Waals surface area contributed by atoms with Gasteiger partial charge in [-0.15, -0.1) is 0 Å². The molecular formula is C40H62N2O2. The molecule has 1 aliphatic rings. The molecule has 1 fully saturated rings. The van der Waals surface area contributed by atoms with Crippen LogP contribution >= 0.6 is 0 Å². The van der Waals surface area contributed by atoms with Crippen LogP contribution in [0.4, 0.5) is 0 Å². The van der Waals surface area contributed by atoms with Gasteiger partial charge in [0, 0.05) is 5.41 Å². The van der Waals surface area contributed by atoms with Gasteiger partial charge in [0.2, 0.25) is 0 Å². The Morgan fingerprint density at radius 3 is 2.02 bits per heavy atom. The van der Waals surface area contributed by atoms with E-state index in [9.17, 15) is 0 Å². The lowest BCUT2D eigenvalue weighted by atomic mass is 9.69. The van der Waals surface area contributed by atoms with Crippen molar-refractivity contribution in [2.24, 2.45) is 5.73 Å². The molecule has 1 aromatic rings. The minimum Gasteiger partial charge on any atom is -0.497 e. The highest BCUT2D eigenvalue weighted by Gasteiger charge is 2.30. The Balaban J connectivity index is 0. The maximum atomic E-state index is 7.07. The fourth-order valence-electron chi connectivity index (χ4n) is 4.41. The average molecular weight is 603 g/mol. The molecule has 44 heavy (non-hydrogen) atoms. The molecule has 4 heteroatoms. The first kappa shape index (κ1) is 42.3. The third-order valence-electron chi connectivity index (χ3n) is 6.71. The Labute approximate surface area is 271 Å². The van der Waals surface area contributed by atoms with E-state index in [1.807, 2.05) is 46.8 Å². The predicted molar refractivity (Wildman–Crippen MR) is 196 cm³/mol. The molecule has 0 bridgehead atoms. The van der Waals surface area contributed by atoms with Crippen molar-refractivity contribution in [3.63, 3.8) is 0 Å². The summed E-state index contributed by atoms with van der Waals surface area (Å²) < 4.78 is 11.0. The molecule has 0 spiro atoms. The molecule has 4 nitrogen and oxygen atoms in total. The molecule has 0 heterocycles. The molecule has 0 aliphatic heterocycles. The van der Waals surface area contributed by atoms with Gasteiger partial charge in [-0.3, -0.25) is 5.41 Å². The Bertz CT molecular complexity index is 1130. The van der Waals surface area contributed by atoms with Crippen LogP contribution < -0.4 is 5.73 Å². The summed E-state index contributed by atoms with van der Waals surface area (Å²) in [5, 5.41) is 7.07. The van der Waals surface area contributed by atoms with Crippen molar-refractivity contribution in [1.82, 2.24) is 0 Å². The molecule has 2 rings (SSSR count). The second-order valence-corrected chi connectivity index (χ2v) is 10.1. The molecule has 0 saturated heterocycles. The fraction of sp³-hybridized carbons (Fsp3) is 0.425. The van der Waals surface area contributed by atoms with Gasteiger partial charge < -0.3 is 15.2 Å². The standard InChI is InChI=1S/C27H36O.C9H14N2O.2C2H6/c1-5-14-26(28-22-24(6-2)21-23(3)4)17-13-20-27(18-11-8-12-19-27)25-15-9-7-10-16-25;1-4-8(12-3)6-5-7(2)9(10)11;2*1-2/h5-7,9-10,13-17,20-21H,8,11-12,18-19,22H2,1-4H3;4-6H,1H2,2-3H3,(H3,10,11);2*1-2H3/b14-5-,20-13+,24-6+,26-17+;7-5+,8-6+;;. The largest absolute Gasteiger partial charge is 0.497 e. The molecule has 1 aromatic carbocycles. The van der Waals surface area contributed by atoms with Gasteiger partial charge in [0.05, 0.1) is 7.11 Å². The fourth-order valence-corrected chi connectivity index (χ4v) is 4.41. The highest BCUT2D eigenvalue weighted by atomic mass is 16.5. The molecule has 0 atom stereocenters. The normalized spacial score (nSPS) is 15.0. The molecule has 0 unspecified atom stereocenters. The third kappa shape index (κ3) is 18.0. The quantitative estimate of drug-likeness (QED) is 0.108. The summed E-state index contributed by atoms with van der Waals surface area (Å²) in [6.45, 7) is 22.2. The van der Waals surface area contributed by atoms with Crippen molar-refractivity contribution in [2.75, 3.05) is 13.7 Å². The molecule has 1 saturated carbocycles. The Kier molecular flexibility index (Phi) is 25.8. The maximum absolute atomic E-state index is 7.07. The van der Waals surface area contributed by atoms with Crippen LogP contribution in [0.5, 0.6) is 0 Å². The summed E-state index contributed by atoms with van der Waals surface area (Å²) in [5.41, 5.74) is 10.0. The SMILES string of the molecule is C=C/C(=C\C=C(/C)C(=N)N)OC.CC.CC.C\C=C/C(=C\C=C\C1(c2ccccc2)CCCCC1)OC/C(C=C(C)C)=C/C. The van der Waals surface area contributed by atoms with Gasteiger partial charge in [0.1, 0.15) is 24.0 Å². The van der Waals surface area contributed by atoms with Crippen molar-refractivity contribution in [1.29, 1.82) is 5.41 Å². The van der Waals surface area contributed by atoms with E-state index in [0.29, 0.717) is 17.9 Å². The summed E-state index contributed by atoms with van der Waals surface area (Å²) in [5.74, 6) is 1.61. The summed E-state index contributed by atoms with van der Waals surface area (Å²) in [7, 11) is 1.56. The summed E-state index contributed by atoms with van der Waals surface area (Å²) >= 11 is 0. The van der Waals surface area contributed by atoms with Crippen molar-refractivity contribution < 1.29 is 9.47 Å². The lowest BCUT2D eigenvalue weighted by molar-refractivity contribution is 0.255. The second kappa shape index (κ2) is 26.8. The zero-order valence-electron chi connectivity index (χ0n) is 29.5. The van der Waals surface area contributed by atoms with Gasteiger partial charge in [-0.25, -0.2) is 0 Å². The van der Waals surface area contributed by atoms with E-state index in [-0.39, 0.29) is 11.3 Å². The second-order valence-electron chi connectivity index (χ2n) is 10.1. The number of amidine groups is 1. The Morgan fingerprint density at radius 2 is 1.55 bits per heavy atom. The predicted octanol–water partition coefficient (Wildman–Crippen LogP) is 11.5. The van der Waals surface area contributed by atoms with Crippen molar-refractivity contribution in [3.8, 4) is 0 Å². The van der Waals surface area contributed by atoms with E-state index in [1.165, 1.54) is 48.8 Å². The third-order valence-corrected chi connectivity index (χ3v) is 6.71. The number of rotatable bonds is 12. The molecule has 0 radical (unpaired) electrons. The zero-order valence-corrected chi connectivity index (χ0v) is 29.5. The molecule has 0 aromatic heterocycles. The van der Waals surface area contributed by atoms with E-state index in [1.54, 1.807) is 32.3 Å². The lowest BCUT2D eigenvalue weighted by Crippen LogP contribution is -2.26. The van der Waals surface area contributed by atoms with Gasteiger partial charge in [-0.2, -0.15) is 0 Å². The van der Waals surface area contributed by atoms with Crippen LogP contribution in [0.1, 0.15) is 100.0 Å². The van der Waals surface area contributed by atoms with Crippen LogP contribution in [0.3, 0.4) is 0 Å². The number of methoxy groups -OCH3 is 1. The highest BCUT2D eigenvalue weighted by Crippen LogP contribution is 2.40. The van der Waals surface area contributed by atoms with Crippen LogP contribution in [0.15, 0.2) is 126 Å². The number of ether oxygens (including phenoxy) is 2. The van der Waals surface area contributed by atoms with Crippen LogP contribution in [-0.4, -0.2) is 19.6 Å². The monoisotopic (exact) mass is 602 g/mol. The van der Waals surface area contributed by atoms with Crippen LogP contribution in [0.25, 0.3) is 0 Å². The number of hydrogen-bond acceptors (Lipinski definition) is 3. The molecular weight excluding hydrogens is 540 g/mol. The smallest absolute Gasteiger partial charge is 0.119 e. The summed E-state index contributed by atoms with van der Waals surface area (Å²) in [6.07, 6.45) is 26.5. The Morgan fingerprint density at radius 1 is 0.932 bits per heavy atom. The summed E-state index contributed by atoms with van der Waals surface area (Å²) in [4.78, 5) is 0. The van der Waals surface area contributed by atoms with Gasteiger partial charge >= 0.3 is 0 Å². The van der Waals surface area contributed by atoms with Gasteiger partial charge in [0.25, 0.3) is 0 Å². The van der Waals surface area contributed by atoms with Gasteiger partial charge in [0.15, 0.2) is 0 Å². The first-order chi connectivity index (χ1) is 21.2. The maximum Gasteiger partial charge on any atom is 0.119 e. The van der Waals surface area contributed by atoms with E-state index in [4.69, 9.17) is 20.6 Å². The van der Waals surface area contributed by atoms with E-state index >= 15 is 0 Å². The first-order valence-electron chi connectivity index (χ1n) is 16.1. The minimum atomic E-state index is 0.0609. The van der Waals surface area contributed by atoms with Crippen LogP contribution in [0.2, 0.25) is 0 Å². The molecule has 1 aliphatic carbocycles. The number of nitrogens with two attached hydrogens (primary N) is 1. The first-order valence-corrected chi connectivity index (χ1v) is 16.1. The van der Waals surface area contributed by atoms with Crippen molar-refractivity contribution in [2.45, 2.75) is 99.8 Å². The number of nitrogens with one attached hydrogen (secondary N) is 1. The number of hydrogen-bond donors (Lipinski definition) is 2. The van der Waals surface area contributed by atoms with E-state index in [0.717, 1.165) is 5.76 Å². The van der Waals surface area contributed by atoms with Crippen molar-refractivity contribution in [3.05, 3.63) is 131 Å². The van der Waals surface area contributed by atoms with Gasteiger partial charge in [-0.05, 0) is 88.5 Å². The topological polar surface area (TPSA) is 68.3 Å². The lowest BCUT2D eigenvalue weighted by Gasteiger charge is -2.35. The molecule has 244 valence electrons.